The summed E-state index contributed by atoms with van der Waals surface area (Å²) in [6.45, 7) is 4.92. The highest BCUT2D eigenvalue weighted by molar-refractivity contribution is 5.43. The molecular weight excluding hydrogens is 326 g/mol. The van der Waals surface area contributed by atoms with Crippen LogP contribution in [0, 0.1) is 6.92 Å². The predicted molar refractivity (Wildman–Crippen MR) is 96.8 cm³/mol. The molecule has 1 fully saturated rings. The van der Waals surface area contributed by atoms with Crippen LogP contribution >= 0.6 is 0 Å². The second kappa shape index (κ2) is 6.39. The van der Waals surface area contributed by atoms with Gasteiger partial charge in [0.1, 0.15) is 0 Å². The van der Waals surface area contributed by atoms with Gasteiger partial charge in [-0.15, -0.1) is 10.2 Å². The monoisotopic (exact) mass is 349 g/mol. The third-order valence-electron chi connectivity index (χ3n) is 5.62. The quantitative estimate of drug-likeness (QED) is 0.721. The molecule has 5 rings (SSSR count). The fourth-order valence-corrected chi connectivity index (χ4v) is 4.13. The van der Waals surface area contributed by atoms with Crippen LogP contribution in [0.3, 0.4) is 0 Å². The molecule has 0 spiro atoms. The van der Waals surface area contributed by atoms with Crippen molar-refractivity contribution in [1.82, 2.24) is 34.7 Å². The first kappa shape index (κ1) is 15.8. The van der Waals surface area contributed by atoms with E-state index >= 15 is 0 Å². The maximum atomic E-state index is 4.85. The Labute approximate surface area is 152 Å². The summed E-state index contributed by atoms with van der Waals surface area (Å²) in [5.74, 6) is 1.46. The summed E-state index contributed by atoms with van der Waals surface area (Å²) >= 11 is 0. The van der Waals surface area contributed by atoms with Gasteiger partial charge in [-0.1, -0.05) is 0 Å². The minimum Gasteiger partial charge on any atom is -0.297 e. The zero-order chi connectivity index (χ0) is 17.5. The summed E-state index contributed by atoms with van der Waals surface area (Å²) in [5.41, 5.74) is 5.49. The fraction of sp³-hybridized carbons (Fsp3) is 0.526. The van der Waals surface area contributed by atoms with Gasteiger partial charge in [-0.3, -0.25) is 14.9 Å². The highest BCUT2D eigenvalue weighted by Gasteiger charge is 2.26. The number of piperidine rings is 1. The number of hydrogen-bond donors (Lipinski definition) is 0. The van der Waals surface area contributed by atoms with Crippen molar-refractivity contribution in [2.75, 3.05) is 13.1 Å². The Hall–Kier alpha value is -2.41. The van der Waals surface area contributed by atoms with Crippen molar-refractivity contribution in [2.24, 2.45) is 0 Å². The van der Waals surface area contributed by atoms with E-state index in [1.807, 2.05) is 23.8 Å². The second-order valence-electron chi connectivity index (χ2n) is 7.50. The largest absolute Gasteiger partial charge is 0.297 e. The highest BCUT2D eigenvalue weighted by Crippen LogP contribution is 2.28. The molecule has 3 aromatic heterocycles. The molecule has 2 aliphatic rings. The van der Waals surface area contributed by atoms with E-state index in [0.717, 1.165) is 68.2 Å². The van der Waals surface area contributed by atoms with E-state index in [2.05, 4.69) is 31.1 Å². The molecule has 134 valence electrons. The topological polar surface area (TPSA) is 72.1 Å². The number of fused-ring (bicyclic) bond motifs is 2. The molecule has 7 nitrogen and oxygen atoms in total. The summed E-state index contributed by atoms with van der Waals surface area (Å²) in [6.07, 6.45) is 9.31. The molecular formula is C19H23N7. The summed E-state index contributed by atoms with van der Waals surface area (Å²) in [7, 11) is 0. The Morgan fingerprint density at radius 2 is 1.96 bits per heavy atom. The van der Waals surface area contributed by atoms with Crippen LogP contribution in [0.15, 0.2) is 18.5 Å². The zero-order valence-electron chi connectivity index (χ0n) is 15.1. The molecule has 26 heavy (non-hydrogen) atoms. The number of hydrogen-bond acceptors (Lipinski definition) is 6. The lowest BCUT2D eigenvalue weighted by Crippen LogP contribution is -2.33. The minimum absolute atomic E-state index is 0.428. The van der Waals surface area contributed by atoms with Crippen molar-refractivity contribution in [3.63, 3.8) is 0 Å². The molecule has 0 radical (unpaired) electrons. The summed E-state index contributed by atoms with van der Waals surface area (Å²) in [6, 6.07) is 2.18. The SMILES string of the molecule is Cc1cnc(CN2CCC(c3nnc4cc5c(nn34)CCC5)CC2)cn1. The summed E-state index contributed by atoms with van der Waals surface area (Å²) < 4.78 is 2.00. The van der Waals surface area contributed by atoms with Crippen LogP contribution in [0.4, 0.5) is 0 Å². The van der Waals surface area contributed by atoms with Crippen molar-refractivity contribution in [3.05, 3.63) is 46.9 Å². The molecule has 1 aliphatic heterocycles. The second-order valence-corrected chi connectivity index (χ2v) is 7.50. The number of likely N-dealkylation sites (tertiary alicyclic amines) is 1. The molecule has 1 aliphatic carbocycles. The lowest BCUT2D eigenvalue weighted by molar-refractivity contribution is 0.198. The average Bonchev–Trinajstić information content (AvgIpc) is 3.28. The van der Waals surface area contributed by atoms with E-state index in [1.165, 1.54) is 17.7 Å². The van der Waals surface area contributed by atoms with E-state index < -0.39 is 0 Å². The third-order valence-corrected chi connectivity index (χ3v) is 5.62. The molecule has 1 saturated heterocycles. The van der Waals surface area contributed by atoms with Crippen LogP contribution in [0.1, 0.15) is 53.7 Å². The lowest BCUT2D eigenvalue weighted by atomic mass is 9.96. The number of aryl methyl sites for hydroxylation is 3. The van der Waals surface area contributed by atoms with Gasteiger partial charge < -0.3 is 0 Å². The molecule has 0 amide bonds. The number of rotatable bonds is 3. The lowest BCUT2D eigenvalue weighted by Gasteiger charge is -2.30. The standard InChI is InChI=1S/C19H23N7/c1-13-10-21-16(11-20-13)12-25-7-5-14(6-8-25)19-23-22-18-9-15-3-2-4-17(15)24-26(18)19/h9-11,14H,2-8,12H2,1H3. The van der Waals surface area contributed by atoms with Crippen LogP contribution in [-0.2, 0) is 19.4 Å². The van der Waals surface area contributed by atoms with Crippen LogP contribution < -0.4 is 0 Å². The molecule has 4 heterocycles. The van der Waals surface area contributed by atoms with Crippen molar-refractivity contribution in [1.29, 1.82) is 0 Å². The van der Waals surface area contributed by atoms with Crippen LogP contribution in [0.25, 0.3) is 5.65 Å². The van der Waals surface area contributed by atoms with Gasteiger partial charge in [0.25, 0.3) is 0 Å². The van der Waals surface area contributed by atoms with Gasteiger partial charge in [0.2, 0.25) is 0 Å². The smallest absolute Gasteiger partial charge is 0.178 e. The van der Waals surface area contributed by atoms with Crippen molar-refractivity contribution in [2.45, 2.75) is 51.5 Å². The Bertz CT molecular complexity index is 923. The normalized spacial score (nSPS) is 18.5. The van der Waals surface area contributed by atoms with Gasteiger partial charge in [-0.25, -0.2) is 0 Å². The molecule has 0 saturated carbocycles. The Kier molecular flexibility index (Phi) is 3.89. The minimum atomic E-state index is 0.428. The van der Waals surface area contributed by atoms with E-state index in [0.29, 0.717) is 5.92 Å². The average molecular weight is 349 g/mol. The fourth-order valence-electron chi connectivity index (χ4n) is 4.13. The van der Waals surface area contributed by atoms with Crippen molar-refractivity contribution < 1.29 is 0 Å². The van der Waals surface area contributed by atoms with E-state index in [-0.39, 0.29) is 0 Å². The van der Waals surface area contributed by atoms with Crippen molar-refractivity contribution in [3.8, 4) is 0 Å². The highest BCUT2D eigenvalue weighted by atomic mass is 15.4. The number of aromatic nitrogens is 6. The third kappa shape index (κ3) is 2.86. The maximum absolute atomic E-state index is 4.85. The summed E-state index contributed by atoms with van der Waals surface area (Å²) in [4.78, 5) is 11.3. The predicted octanol–water partition coefficient (Wildman–Crippen LogP) is 2.09. The van der Waals surface area contributed by atoms with Crippen LogP contribution in [0.2, 0.25) is 0 Å². The van der Waals surface area contributed by atoms with E-state index in [4.69, 9.17) is 5.10 Å². The first-order valence-corrected chi connectivity index (χ1v) is 9.50. The van der Waals surface area contributed by atoms with Crippen LogP contribution in [0.5, 0.6) is 0 Å². The first-order valence-electron chi connectivity index (χ1n) is 9.50. The first-order chi connectivity index (χ1) is 12.8. The molecule has 0 bridgehead atoms. The summed E-state index contributed by atoms with van der Waals surface area (Å²) in [5, 5.41) is 13.7. The molecule has 7 heteroatoms. The molecule has 0 N–H and O–H groups in total. The van der Waals surface area contributed by atoms with Crippen molar-refractivity contribution >= 4 is 5.65 Å². The van der Waals surface area contributed by atoms with Gasteiger partial charge in [-0.2, -0.15) is 9.61 Å². The van der Waals surface area contributed by atoms with E-state index in [9.17, 15) is 0 Å². The molecule has 0 aromatic carbocycles. The maximum Gasteiger partial charge on any atom is 0.178 e. The van der Waals surface area contributed by atoms with Gasteiger partial charge in [0.05, 0.1) is 17.1 Å². The van der Waals surface area contributed by atoms with E-state index in [1.54, 1.807) is 0 Å². The van der Waals surface area contributed by atoms with Crippen LogP contribution in [-0.4, -0.2) is 47.8 Å². The molecule has 0 unspecified atom stereocenters. The zero-order valence-corrected chi connectivity index (χ0v) is 15.1. The molecule has 0 atom stereocenters. The van der Waals surface area contributed by atoms with Gasteiger partial charge in [0, 0.05) is 24.9 Å². The number of nitrogens with zero attached hydrogens (tertiary/aromatic N) is 7. The van der Waals surface area contributed by atoms with Gasteiger partial charge in [-0.05, 0) is 63.7 Å². The molecule has 3 aromatic rings. The Morgan fingerprint density at radius 3 is 2.77 bits per heavy atom. The van der Waals surface area contributed by atoms with Gasteiger partial charge in [0.15, 0.2) is 11.5 Å². The Balaban J connectivity index is 1.29. The Morgan fingerprint density at radius 1 is 1.08 bits per heavy atom. The van der Waals surface area contributed by atoms with Gasteiger partial charge >= 0.3 is 0 Å².